The van der Waals surface area contributed by atoms with Crippen LogP contribution < -0.4 is 25.4 Å². The van der Waals surface area contributed by atoms with Crippen LogP contribution in [0.2, 0.25) is 0 Å². The molecule has 220 valence electrons. The van der Waals surface area contributed by atoms with E-state index >= 15 is 8.78 Å². The number of halogens is 2. The highest BCUT2D eigenvalue weighted by Gasteiger charge is 2.29. The maximum Gasteiger partial charge on any atom is 0.247 e. The van der Waals surface area contributed by atoms with Crippen LogP contribution in [0.4, 0.5) is 31.9 Å². The third-order valence-corrected chi connectivity index (χ3v) is 6.16. The lowest BCUT2D eigenvalue weighted by molar-refractivity contribution is -0.111. The van der Waals surface area contributed by atoms with Crippen LogP contribution in [-0.4, -0.2) is 77.7 Å². The summed E-state index contributed by atoms with van der Waals surface area (Å²) in [4.78, 5) is 36.5. The Morgan fingerprint density at radius 2 is 1.83 bits per heavy atom. The number of hydrogen-bond acceptors (Lipinski definition) is 10. The molecule has 0 atom stereocenters. The molecule has 42 heavy (non-hydrogen) atoms. The van der Waals surface area contributed by atoms with E-state index in [0.717, 1.165) is 12.1 Å². The molecule has 3 N–H and O–H groups in total. The Hall–Kier alpha value is -5.11. The van der Waals surface area contributed by atoms with Gasteiger partial charge in [-0.25, -0.2) is 18.7 Å². The molecule has 0 saturated heterocycles. The van der Waals surface area contributed by atoms with Crippen molar-refractivity contribution in [3.05, 3.63) is 66.0 Å². The van der Waals surface area contributed by atoms with Gasteiger partial charge in [0, 0.05) is 43.4 Å². The summed E-state index contributed by atoms with van der Waals surface area (Å²) in [5.74, 6) is -4.03. The lowest BCUT2D eigenvalue weighted by Gasteiger charge is -2.18. The number of carbonyl (C=O) groups excluding carboxylic acids is 2. The maximum absolute atomic E-state index is 15.3. The number of rotatable bonds is 12. The van der Waals surface area contributed by atoms with Crippen molar-refractivity contribution in [1.82, 2.24) is 24.6 Å². The molecule has 2 heterocycles. The van der Waals surface area contributed by atoms with E-state index in [1.54, 1.807) is 19.3 Å². The number of likely N-dealkylation sites (N-methyl/N-ethyl adjacent to an activating group) is 1. The number of carbonyl (C=O) groups is 2. The second kappa shape index (κ2) is 12.6. The number of nitrogens with zero attached hydrogens (tertiary/aromatic N) is 5. The van der Waals surface area contributed by atoms with Gasteiger partial charge in [-0.15, -0.1) is 0 Å². The number of methoxy groups -OCH3 is 2. The number of hydrogen-bond donors (Lipinski definition) is 3. The highest BCUT2D eigenvalue weighted by atomic mass is 19.1. The Morgan fingerprint density at radius 3 is 2.45 bits per heavy atom. The van der Waals surface area contributed by atoms with E-state index in [2.05, 4.69) is 37.6 Å². The number of aromatic nitrogens is 4. The zero-order valence-corrected chi connectivity index (χ0v) is 23.7. The van der Waals surface area contributed by atoms with Crippen LogP contribution in [0.3, 0.4) is 0 Å². The fourth-order valence-electron chi connectivity index (χ4n) is 4.11. The average molecular weight is 581 g/mol. The Balaban J connectivity index is 1.85. The quantitative estimate of drug-likeness (QED) is 0.168. The lowest BCUT2D eigenvalue weighted by Crippen LogP contribution is -2.22. The van der Waals surface area contributed by atoms with Gasteiger partial charge in [0.15, 0.2) is 29.0 Å². The standard InChI is InChI=1S/C28H30F2N8O4/c1-7-20(39)33-17-14-38(4)36-27(17)35-28-32-13-15-8-9-16(25(24(15)34-28)31-10-11-37(2)3)26(40)21-22(29)18(41-5)12-19(42-6)23(21)30/h7-9,12-14,31H,1,10-11H2,2-6H3,(H,33,39)(H,32,34,35,36). The number of anilines is 4. The zero-order valence-electron chi connectivity index (χ0n) is 23.7. The van der Waals surface area contributed by atoms with Gasteiger partial charge in [0.2, 0.25) is 17.6 Å². The third kappa shape index (κ3) is 6.12. The van der Waals surface area contributed by atoms with Gasteiger partial charge in [-0.3, -0.25) is 14.3 Å². The molecule has 0 fully saturated rings. The van der Waals surface area contributed by atoms with Gasteiger partial charge in [0.25, 0.3) is 0 Å². The Kier molecular flexibility index (Phi) is 8.96. The second-order valence-electron chi connectivity index (χ2n) is 9.35. The average Bonchev–Trinajstić information content (AvgIpc) is 3.30. The third-order valence-electron chi connectivity index (χ3n) is 6.16. The molecule has 0 bridgehead atoms. The molecule has 4 aromatic rings. The van der Waals surface area contributed by atoms with E-state index in [1.165, 1.54) is 31.2 Å². The summed E-state index contributed by atoms with van der Waals surface area (Å²) in [6, 6.07) is 4.06. The highest BCUT2D eigenvalue weighted by Crippen LogP contribution is 2.35. The van der Waals surface area contributed by atoms with Gasteiger partial charge in [0.05, 0.1) is 31.6 Å². The van der Waals surface area contributed by atoms with Crippen LogP contribution in [0, 0.1) is 11.6 Å². The number of ether oxygens (including phenoxy) is 2. The molecule has 0 radical (unpaired) electrons. The number of nitrogens with one attached hydrogen (secondary N) is 3. The number of ketones is 1. The van der Waals surface area contributed by atoms with E-state index in [1.807, 2.05) is 19.0 Å². The van der Waals surface area contributed by atoms with Gasteiger partial charge >= 0.3 is 0 Å². The molecule has 0 saturated carbocycles. The van der Waals surface area contributed by atoms with Crippen molar-refractivity contribution >= 4 is 45.7 Å². The fraction of sp³-hybridized carbons (Fsp3) is 0.250. The molecule has 14 heteroatoms. The fourth-order valence-corrected chi connectivity index (χ4v) is 4.11. The molecule has 2 aromatic heterocycles. The Labute approximate surface area is 240 Å². The normalized spacial score (nSPS) is 11.0. The van der Waals surface area contributed by atoms with Crippen LogP contribution >= 0.6 is 0 Å². The summed E-state index contributed by atoms with van der Waals surface area (Å²) >= 11 is 0. The minimum atomic E-state index is -1.16. The van der Waals surface area contributed by atoms with E-state index in [9.17, 15) is 9.59 Å². The smallest absolute Gasteiger partial charge is 0.247 e. The minimum Gasteiger partial charge on any atom is -0.494 e. The van der Waals surface area contributed by atoms with Gasteiger partial charge < -0.3 is 30.3 Å². The van der Waals surface area contributed by atoms with E-state index in [0.29, 0.717) is 29.7 Å². The van der Waals surface area contributed by atoms with Crippen LogP contribution in [-0.2, 0) is 11.8 Å². The summed E-state index contributed by atoms with van der Waals surface area (Å²) in [6.07, 6.45) is 4.23. The molecular formula is C28H30F2N8O4. The predicted molar refractivity (Wildman–Crippen MR) is 155 cm³/mol. The highest BCUT2D eigenvalue weighted by molar-refractivity contribution is 6.16. The Bertz CT molecular complexity index is 1640. The minimum absolute atomic E-state index is 0.0317. The van der Waals surface area contributed by atoms with Gasteiger partial charge in [-0.1, -0.05) is 12.6 Å². The molecule has 0 aliphatic rings. The van der Waals surface area contributed by atoms with E-state index in [4.69, 9.17) is 9.47 Å². The molecular weight excluding hydrogens is 550 g/mol. The molecule has 4 rings (SSSR count). The van der Waals surface area contributed by atoms with Crippen LogP contribution in [0.5, 0.6) is 11.5 Å². The predicted octanol–water partition coefficient (Wildman–Crippen LogP) is 3.73. The summed E-state index contributed by atoms with van der Waals surface area (Å²) in [5, 5.41) is 13.7. The summed E-state index contributed by atoms with van der Waals surface area (Å²) in [5.41, 5.74) is 0.0461. The molecule has 0 spiro atoms. The van der Waals surface area contributed by atoms with Crippen molar-refractivity contribution in [2.24, 2.45) is 7.05 Å². The topological polar surface area (TPSA) is 136 Å². The monoisotopic (exact) mass is 580 g/mol. The van der Waals surface area contributed by atoms with Crippen LogP contribution in [0.15, 0.2) is 43.2 Å². The number of amides is 1. The van der Waals surface area contributed by atoms with E-state index in [-0.39, 0.29) is 34.5 Å². The summed E-state index contributed by atoms with van der Waals surface area (Å²) in [7, 11) is 7.84. The summed E-state index contributed by atoms with van der Waals surface area (Å²) < 4.78 is 42.1. The van der Waals surface area contributed by atoms with Crippen LogP contribution in [0.1, 0.15) is 15.9 Å². The molecule has 0 aliphatic heterocycles. The van der Waals surface area contributed by atoms with Crippen molar-refractivity contribution in [2.75, 3.05) is 57.4 Å². The zero-order chi connectivity index (χ0) is 30.6. The molecule has 1 amide bonds. The molecule has 12 nitrogen and oxygen atoms in total. The largest absolute Gasteiger partial charge is 0.494 e. The first-order chi connectivity index (χ1) is 20.1. The van der Waals surface area contributed by atoms with Gasteiger partial charge in [0.1, 0.15) is 11.3 Å². The van der Waals surface area contributed by atoms with Crippen molar-refractivity contribution in [1.29, 1.82) is 0 Å². The Morgan fingerprint density at radius 1 is 1.14 bits per heavy atom. The maximum atomic E-state index is 15.3. The molecule has 0 unspecified atom stereocenters. The molecule has 0 aliphatic carbocycles. The van der Waals surface area contributed by atoms with Crippen molar-refractivity contribution in [3.63, 3.8) is 0 Å². The number of benzene rings is 2. The first-order valence-electron chi connectivity index (χ1n) is 12.6. The van der Waals surface area contributed by atoms with Crippen LogP contribution in [0.25, 0.3) is 10.9 Å². The summed E-state index contributed by atoms with van der Waals surface area (Å²) in [6.45, 7) is 4.41. The number of aryl methyl sites for hydroxylation is 1. The SMILES string of the molecule is C=CC(=O)Nc1cn(C)nc1Nc1ncc2ccc(C(=O)c3c(F)c(OC)cc(OC)c3F)c(NCCN(C)C)c2n1. The van der Waals surface area contributed by atoms with Crippen molar-refractivity contribution < 1.29 is 27.8 Å². The van der Waals surface area contributed by atoms with E-state index < -0.39 is 28.9 Å². The van der Waals surface area contributed by atoms with Gasteiger partial charge in [-0.2, -0.15) is 5.10 Å². The molecule has 2 aromatic carbocycles. The number of fused-ring (bicyclic) bond motifs is 1. The van der Waals surface area contributed by atoms with Crippen molar-refractivity contribution in [2.45, 2.75) is 0 Å². The second-order valence-corrected chi connectivity index (χ2v) is 9.35. The van der Waals surface area contributed by atoms with Gasteiger partial charge in [-0.05, 0) is 26.2 Å². The van der Waals surface area contributed by atoms with Crippen molar-refractivity contribution in [3.8, 4) is 11.5 Å². The first kappa shape index (κ1) is 29.9. The lowest BCUT2D eigenvalue weighted by atomic mass is 9.98. The first-order valence-corrected chi connectivity index (χ1v) is 12.6.